The summed E-state index contributed by atoms with van der Waals surface area (Å²) in [6.45, 7) is 8.23. The van der Waals surface area contributed by atoms with E-state index in [1.54, 1.807) is 20.8 Å². The summed E-state index contributed by atoms with van der Waals surface area (Å²) >= 11 is 0. The third-order valence-electron chi connectivity index (χ3n) is 6.93. The molecule has 5 nitrogen and oxygen atoms in total. The molecule has 0 radical (unpaired) electrons. The van der Waals surface area contributed by atoms with E-state index in [0.717, 1.165) is 57.4 Å². The lowest BCUT2D eigenvalue weighted by Crippen LogP contribution is -2.46. The molecule has 2 aromatic rings. The van der Waals surface area contributed by atoms with Crippen LogP contribution in [0.4, 0.5) is 11.4 Å². The summed E-state index contributed by atoms with van der Waals surface area (Å²) in [5.41, 5.74) is 5.34. The SMILES string of the molecule is CC(C)(C)S(=O)(=O)NC1CCC(CNc2ccc(N3CCc4ccccc4C3)cc2)CC1. The first-order valence-electron chi connectivity index (χ1n) is 11.9. The van der Waals surface area contributed by atoms with E-state index in [4.69, 9.17) is 0 Å². The zero-order valence-electron chi connectivity index (χ0n) is 19.6. The molecule has 32 heavy (non-hydrogen) atoms. The van der Waals surface area contributed by atoms with Crippen LogP contribution in [0.2, 0.25) is 0 Å². The van der Waals surface area contributed by atoms with Crippen LogP contribution in [0.5, 0.6) is 0 Å². The van der Waals surface area contributed by atoms with Gasteiger partial charge in [0.05, 0.1) is 4.75 Å². The fraction of sp³-hybridized carbons (Fsp3) is 0.538. The third kappa shape index (κ3) is 5.46. The van der Waals surface area contributed by atoms with Crippen LogP contribution >= 0.6 is 0 Å². The van der Waals surface area contributed by atoms with Gasteiger partial charge in [0.2, 0.25) is 10.0 Å². The van der Waals surface area contributed by atoms with E-state index < -0.39 is 14.8 Å². The molecule has 6 heteroatoms. The molecule has 1 fully saturated rings. The average Bonchev–Trinajstić information content (AvgIpc) is 2.78. The summed E-state index contributed by atoms with van der Waals surface area (Å²) < 4.78 is 26.9. The molecule has 1 aliphatic heterocycles. The number of rotatable bonds is 6. The lowest BCUT2D eigenvalue weighted by Gasteiger charge is -2.32. The molecule has 2 aliphatic rings. The molecule has 0 amide bonds. The Morgan fingerprint density at radius 3 is 2.25 bits per heavy atom. The number of anilines is 2. The molecule has 0 atom stereocenters. The van der Waals surface area contributed by atoms with Gasteiger partial charge in [-0.15, -0.1) is 0 Å². The van der Waals surface area contributed by atoms with E-state index in [0.29, 0.717) is 5.92 Å². The van der Waals surface area contributed by atoms with Crippen LogP contribution in [-0.2, 0) is 23.0 Å². The van der Waals surface area contributed by atoms with Gasteiger partial charge < -0.3 is 10.2 Å². The Balaban J connectivity index is 1.24. The number of benzene rings is 2. The molecule has 1 saturated carbocycles. The van der Waals surface area contributed by atoms with Crippen LogP contribution in [0, 0.1) is 5.92 Å². The molecular formula is C26H37N3O2S. The second-order valence-corrected chi connectivity index (χ2v) is 12.8. The van der Waals surface area contributed by atoms with Gasteiger partial charge in [-0.05, 0) is 94.2 Å². The fourth-order valence-corrected chi connectivity index (χ4v) is 5.68. The molecule has 0 unspecified atom stereocenters. The Morgan fingerprint density at radius 1 is 0.938 bits per heavy atom. The highest BCUT2D eigenvalue weighted by Crippen LogP contribution is 2.28. The Labute approximate surface area is 193 Å². The van der Waals surface area contributed by atoms with Crippen LogP contribution in [0.1, 0.15) is 57.6 Å². The highest BCUT2D eigenvalue weighted by Gasteiger charge is 2.32. The first kappa shape index (κ1) is 23.1. The van der Waals surface area contributed by atoms with Crippen LogP contribution in [0.15, 0.2) is 48.5 Å². The first-order valence-corrected chi connectivity index (χ1v) is 13.4. The summed E-state index contributed by atoms with van der Waals surface area (Å²) in [5.74, 6) is 0.587. The van der Waals surface area contributed by atoms with Crippen molar-refractivity contribution >= 4 is 21.4 Å². The van der Waals surface area contributed by atoms with Crippen LogP contribution in [0.25, 0.3) is 0 Å². The Morgan fingerprint density at radius 2 is 1.59 bits per heavy atom. The number of nitrogens with zero attached hydrogens (tertiary/aromatic N) is 1. The molecule has 1 aliphatic carbocycles. The predicted octanol–water partition coefficient (Wildman–Crippen LogP) is 4.94. The summed E-state index contributed by atoms with van der Waals surface area (Å²) in [4.78, 5) is 2.45. The average molecular weight is 456 g/mol. The molecule has 0 saturated heterocycles. The second-order valence-electron chi connectivity index (χ2n) is 10.3. The number of hydrogen-bond donors (Lipinski definition) is 2. The first-order chi connectivity index (χ1) is 15.2. The Kier molecular flexibility index (Phi) is 6.82. The summed E-state index contributed by atoms with van der Waals surface area (Å²) in [6.07, 6.45) is 5.03. The molecule has 4 rings (SSSR count). The van der Waals surface area contributed by atoms with Gasteiger partial charge in [-0.3, -0.25) is 0 Å². The number of sulfonamides is 1. The maximum atomic E-state index is 12.4. The molecule has 0 aromatic heterocycles. The highest BCUT2D eigenvalue weighted by atomic mass is 32.2. The molecule has 2 N–H and O–H groups in total. The third-order valence-corrected chi connectivity index (χ3v) is 9.19. The van der Waals surface area contributed by atoms with Crippen molar-refractivity contribution in [3.05, 3.63) is 59.7 Å². The lowest BCUT2D eigenvalue weighted by atomic mass is 9.86. The Bertz CT molecular complexity index is 1000. The minimum atomic E-state index is -3.27. The molecule has 0 bridgehead atoms. The van der Waals surface area contributed by atoms with Gasteiger partial charge in [-0.1, -0.05) is 24.3 Å². The van der Waals surface area contributed by atoms with Gasteiger partial charge in [-0.2, -0.15) is 0 Å². The number of fused-ring (bicyclic) bond motifs is 1. The van der Waals surface area contributed by atoms with E-state index in [-0.39, 0.29) is 6.04 Å². The van der Waals surface area contributed by atoms with E-state index in [1.165, 1.54) is 16.8 Å². The van der Waals surface area contributed by atoms with Crippen molar-refractivity contribution in [3.8, 4) is 0 Å². The quantitative estimate of drug-likeness (QED) is 0.648. The van der Waals surface area contributed by atoms with Crippen molar-refractivity contribution in [2.24, 2.45) is 5.92 Å². The molecule has 1 heterocycles. The fourth-order valence-electron chi connectivity index (χ4n) is 4.65. The molecular weight excluding hydrogens is 418 g/mol. The van der Waals surface area contributed by atoms with Gasteiger partial charge in [0.25, 0.3) is 0 Å². The molecule has 0 spiro atoms. The van der Waals surface area contributed by atoms with Crippen LogP contribution in [-0.4, -0.2) is 32.3 Å². The van der Waals surface area contributed by atoms with Gasteiger partial charge in [0.1, 0.15) is 0 Å². The van der Waals surface area contributed by atoms with Crippen molar-refractivity contribution in [3.63, 3.8) is 0 Å². The predicted molar refractivity (Wildman–Crippen MR) is 134 cm³/mol. The van der Waals surface area contributed by atoms with Crippen molar-refractivity contribution in [2.45, 2.75) is 70.2 Å². The topological polar surface area (TPSA) is 61.4 Å². The number of nitrogens with one attached hydrogen (secondary N) is 2. The normalized spacial score (nSPS) is 21.8. The summed E-state index contributed by atoms with van der Waals surface area (Å²) in [7, 11) is -3.27. The van der Waals surface area contributed by atoms with E-state index in [9.17, 15) is 8.42 Å². The standard InChI is InChI=1S/C26H37N3O2S/c1-26(2,3)32(30,31)28-24-10-8-20(9-11-24)18-27-23-12-14-25(15-13-23)29-17-16-21-6-4-5-7-22(21)19-29/h4-7,12-15,20,24,27-28H,8-11,16-19H2,1-3H3. The van der Waals surface area contributed by atoms with Crippen molar-refractivity contribution in [1.29, 1.82) is 0 Å². The van der Waals surface area contributed by atoms with E-state index >= 15 is 0 Å². The minimum absolute atomic E-state index is 0.0735. The van der Waals surface area contributed by atoms with Gasteiger partial charge >= 0.3 is 0 Å². The van der Waals surface area contributed by atoms with Crippen molar-refractivity contribution in [2.75, 3.05) is 23.3 Å². The lowest BCUT2D eigenvalue weighted by molar-refractivity contribution is 0.322. The maximum absolute atomic E-state index is 12.4. The van der Waals surface area contributed by atoms with Crippen molar-refractivity contribution < 1.29 is 8.42 Å². The van der Waals surface area contributed by atoms with Crippen LogP contribution < -0.4 is 14.9 Å². The second kappa shape index (κ2) is 9.44. The monoisotopic (exact) mass is 455 g/mol. The molecule has 174 valence electrons. The van der Waals surface area contributed by atoms with Gasteiger partial charge in [-0.25, -0.2) is 13.1 Å². The Hall–Kier alpha value is -2.05. The minimum Gasteiger partial charge on any atom is -0.385 e. The largest absolute Gasteiger partial charge is 0.385 e. The zero-order chi connectivity index (χ0) is 22.8. The highest BCUT2D eigenvalue weighted by molar-refractivity contribution is 7.90. The van der Waals surface area contributed by atoms with E-state index in [1.807, 2.05) is 0 Å². The number of hydrogen-bond acceptors (Lipinski definition) is 4. The van der Waals surface area contributed by atoms with Crippen molar-refractivity contribution in [1.82, 2.24) is 4.72 Å². The summed E-state index contributed by atoms with van der Waals surface area (Å²) in [6, 6.07) is 17.6. The van der Waals surface area contributed by atoms with E-state index in [2.05, 4.69) is 63.5 Å². The van der Waals surface area contributed by atoms with Gasteiger partial charge in [0.15, 0.2) is 0 Å². The smallest absolute Gasteiger partial charge is 0.216 e. The van der Waals surface area contributed by atoms with Gasteiger partial charge in [0, 0.05) is 37.1 Å². The maximum Gasteiger partial charge on any atom is 0.216 e. The van der Waals surface area contributed by atoms with Crippen LogP contribution in [0.3, 0.4) is 0 Å². The zero-order valence-corrected chi connectivity index (χ0v) is 20.4. The molecule has 2 aromatic carbocycles. The summed E-state index contributed by atoms with van der Waals surface area (Å²) in [5, 5.41) is 3.59.